The molecule has 0 heterocycles. The van der Waals surface area contributed by atoms with Gasteiger partial charge in [-0.15, -0.1) is 0 Å². The summed E-state index contributed by atoms with van der Waals surface area (Å²) >= 11 is 0. The molecule has 0 aromatic rings. The maximum absolute atomic E-state index is 12.4. The molecule has 1 fully saturated rings. The van der Waals surface area contributed by atoms with E-state index in [1.165, 1.54) is 6.92 Å². The number of alkyl halides is 3. The van der Waals surface area contributed by atoms with Gasteiger partial charge in [-0.05, 0) is 18.8 Å². The van der Waals surface area contributed by atoms with Crippen molar-refractivity contribution in [3.05, 3.63) is 0 Å². The smallest absolute Gasteiger partial charge is 0.369 e. The number of primary amides is 1. The van der Waals surface area contributed by atoms with Crippen LogP contribution >= 0.6 is 0 Å². The van der Waals surface area contributed by atoms with Gasteiger partial charge in [-0.1, -0.05) is 6.92 Å². The van der Waals surface area contributed by atoms with Gasteiger partial charge in [0.2, 0.25) is 5.91 Å². The zero-order chi connectivity index (χ0) is 10.2. The van der Waals surface area contributed by atoms with Crippen LogP contribution in [-0.2, 0) is 4.79 Å². The Labute approximate surface area is 74.3 Å². The number of carbonyl (C=O) groups excluding carboxylic acids is 1. The molecular weight excluding hydrogens is 183 g/mol. The first kappa shape index (κ1) is 10.3. The summed E-state index contributed by atoms with van der Waals surface area (Å²) in [6.45, 7) is 1.25. The van der Waals surface area contributed by atoms with E-state index in [9.17, 15) is 18.0 Å². The minimum absolute atomic E-state index is 0.387. The Morgan fingerprint density at radius 3 is 2.15 bits per heavy atom. The fourth-order valence-corrected chi connectivity index (χ4v) is 1.59. The van der Waals surface area contributed by atoms with Crippen LogP contribution in [0.25, 0.3) is 0 Å². The maximum Gasteiger partial charge on any atom is 0.392 e. The molecule has 13 heavy (non-hydrogen) atoms. The summed E-state index contributed by atoms with van der Waals surface area (Å²) in [5.74, 6) is -3.89. The number of halogens is 3. The molecule has 1 aliphatic rings. The number of nitrogens with two attached hydrogens (primary N) is 1. The molecule has 0 aromatic carbocycles. The van der Waals surface area contributed by atoms with Crippen LogP contribution in [0, 0.1) is 17.8 Å². The Hall–Kier alpha value is -0.740. The van der Waals surface area contributed by atoms with Gasteiger partial charge in [-0.3, -0.25) is 4.79 Å². The topological polar surface area (TPSA) is 43.1 Å². The highest BCUT2D eigenvalue weighted by Gasteiger charge is 2.52. The van der Waals surface area contributed by atoms with Crippen molar-refractivity contribution in [3.8, 4) is 0 Å². The highest BCUT2D eigenvalue weighted by molar-refractivity contribution is 5.76. The van der Waals surface area contributed by atoms with Gasteiger partial charge >= 0.3 is 6.18 Å². The number of hydrogen-bond donors (Lipinski definition) is 1. The van der Waals surface area contributed by atoms with Crippen LogP contribution in [0.3, 0.4) is 0 Å². The van der Waals surface area contributed by atoms with Crippen molar-refractivity contribution in [3.63, 3.8) is 0 Å². The lowest BCUT2D eigenvalue weighted by Crippen LogP contribution is -2.37. The fraction of sp³-hybridized carbons (Fsp3) is 0.875. The maximum atomic E-state index is 12.4. The quantitative estimate of drug-likeness (QED) is 0.731. The van der Waals surface area contributed by atoms with Gasteiger partial charge in [-0.2, -0.15) is 13.2 Å². The summed E-state index contributed by atoms with van der Waals surface area (Å²) in [5, 5.41) is 0. The Kier molecular flexibility index (Phi) is 2.54. The van der Waals surface area contributed by atoms with Gasteiger partial charge in [0.25, 0.3) is 0 Å². The largest absolute Gasteiger partial charge is 0.392 e. The van der Waals surface area contributed by atoms with Gasteiger partial charge in [0, 0.05) is 5.92 Å². The average molecular weight is 195 g/mol. The molecule has 2 unspecified atom stereocenters. The molecule has 0 aliphatic heterocycles. The molecule has 0 aromatic heterocycles. The Bertz CT molecular complexity index is 210. The molecule has 0 saturated heterocycles. The Balaban J connectivity index is 2.73. The van der Waals surface area contributed by atoms with Gasteiger partial charge in [-0.25, -0.2) is 0 Å². The van der Waals surface area contributed by atoms with Crippen LogP contribution in [0.5, 0.6) is 0 Å². The molecule has 1 amide bonds. The molecule has 1 aliphatic carbocycles. The van der Waals surface area contributed by atoms with Crippen molar-refractivity contribution in [2.24, 2.45) is 23.5 Å². The molecule has 76 valence electrons. The van der Waals surface area contributed by atoms with E-state index in [-0.39, 0.29) is 5.92 Å². The molecule has 1 saturated carbocycles. The van der Waals surface area contributed by atoms with Crippen LogP contribution < -0.4 is 5.73 Å². The van der Waals surface area contributed by atoms with Gasteiger partial charge < -0.3 is 5.73 Å². The SMILES string of the molecule is CC(C(N)=O)C(C1CC1)C(F)(F)F. The minimum atomic E-state index is -4.30. The summed E-state index contributed by atoms with van der Waals surface area (Å²) in [6, 6.07) is 0. The van der Waals surface area contributed by atoms with Gasteiger partial charge in [0.05, 0.1) is 5.92 Å². The first-order valence-corrected chi connectivity index (χ1v) is 4.20. The number of rotatable bonds is 3. The molecular formula is C8H12F3NO. The molecule has 1 rings (SSSR count). The summed E-state index contributed by atoms with van der Waals surface area (Å²) in [5.41, 5.74) is 4.86. The molecule has 2 N–H and O–H groups in total. The van der Waals surface area contributed by atoms with Crippen molar-refractivity contribution in [2.45, 2.75) is 25.9 Å². The first-order valence-electron chi connectivity index (χ1n) is 4.20. The Morgan fingerprint density at radius 2 is 1.92 bits per heavy atom. The third-order valence-corrected chi connectivity index (χ3v) is 2.50. The third kappa shape index (κ3) is 2.35. The molecule has 0 radical (unpaired) electrons. The van der Waals surface area contributed by atoms with Crippen LogP contribution in [0.2, 0.25) is 0 Å². The number of amides is 1. The molecule has 0 bridgehead atoms. The van der Waals surface area contributed by atoms with Crippen LogP contribution in [0.15, 0.2) is 0 Å². The van der Waals surface area contributed by atoms with Gasteiger partial charge in [0.15, 0.2) is 0 Å². The standard InChI is InChI=1S/C8H12F3NO/c1-4(7(12)13)6(5-2-3-5)8(9,10)11/h4-6H,2-3H2,1H3,(H2,12,13). The van der Waals surface area contributed by atoms with E-state index < -0.39 is 23.9 Å². The van der Waals surface area contributed by atoms with Crippen molar-refractivity contribution < 1.29 is 18.0 Å². The summed E-state index contributed by atoms with van der Waals surface area (Å²) in [6.07, 6.45) is -3.18. The van der Waals surface area contributed by atoms with Crippen molar-refractivity contribution in [2.75, 3.05) is 0 Å². The van der Waals surface area contributed by atoms with Crippen LogP contribution in [0.1, 0.15) is 19.8 Å². The minimum Gasteiger partial charge on any atom is -0.369 e. The third-order valence-electron chi connectivity index (χ3n) is 2.50. The van der Waals surface area contributed by atoms with Crippen LogP contribution in [-0.4, -0.2) is 12.1 Å². The van der Waals surface area contributed by atoms with Crippen LogP contribution in [0.4, 0.5) is 13.2 Å². The van der Waals surface area contributed by atoms with E-state index in [2.05, 4.69) is 0 Å². The highest BCUT2D eigenvalue weighted by Crippen LogP contribution is 2.48. The zero-order valence-corrected chi connectivity index (χ0v) is 7.27. The monoisotopic (exact) mass is 195 g/mol. The summed E-state index contributed by atoms with van der Waals surface area (Å²) in [7, 11) is 0. The van der Waals surface area contributed by atoms with Gasteiger partial charge in [0.1, 0.15) is 0 Å². The number of carbonyl (C=O) groups is 1. The molecule has 5 heteroatoms. The lowest BCUT2D eigenvalue weighted by molar-refractivity contribution is -0.195. The molecule has 2 nitrogen and oxygen atoms in total. The second kappa shape index (κ2) is 3.20. The molecule has 0 spiro atoms. The van der Waals surface area contributed by atoms with E-state index in [4.69, 9.17) is 5.73 Å². The summed E-state index contributed by atoms with van der Waals surface area (Å²) < 4.78 is 37.2. The molecule has 2 atom stereocenters. The second-order valence-corrected chi connectivity index (χ2v) is 3.60. The predicted octanol–water partition coefficient (Wildman–Crippen LogP) is 1.70. The van der Waals surface area contributed by atoms with Crippen molar-refractivity contribution >= 4 is 5.91 Å². The predicted molar refractivity (Wildman–Crippen MR) is 40.6 cm³/mol. The van der Waals surface area contributed by atoms with Crippen molar-refractivity contribution in [1.82, 2.24) is 0 Å². The van der Waals surface area contributed by atoms with Crippen molar-refractivity contribution in [1.29, 1.82) is 0 Å². The van der Waals surface area contributed by atoms with E-state index in [1.54, 1.807) is 0 Å². The Morgan fingerprint density at radius 1 is 1.46 bits per heavy atom. The van der Waals surface area contributed by atoms with E-state index in [0.29, 0.717) is 12.8 Å². The lowest BCUT2D eigenvalue weighted by atomic mass is 9.88. The van der Waals surface area contributed by atoms with E-state index in [1.807, 2.05) is 0 Å². The second-order valence-electron chi connectivity index (χ2n) is 3.60. The van der Waals surface area contributed by atoms with E-state index >= 15 is 0 Å². The average Bonchev–Trinajstić information content (AvgIpc) is 2.68. The number of hydrogen-bond acceptors (Lipinski definition) is 1. The fourth-order valence-electron chi connectivity index (χ4n) is 1.59. The van der Waals surface area contributed by atoms with E-state index in [0.717, 1.165) is 0 Å². The summed E-state index contributed by atoms with van der Waals surface area (Å²) in [4.78, 5) is 10.6. The zero-order valence-electron chi connectivity index (χ0n) is 7.27. The first-order chi connectivity index (χ1) is 5.84. The highest BCUT2D eigenvalue weighted by atomic mass is 19.4. The lowest BCUT2D eigenvalue weighted by Gasteiger charge is -2.23. The normalized spacial score (nSPS) is 22.5.